The Bertz CT molecular complexity index is 1800. The Hall–Kier alpha value is -4.75. The number of carbonyl (C=O) groups excluding carboxylic acids is 4. The van der Waals surface area contributed by atoms with Gasteiger partial charge >= 0.3 is 5.97 Å². The van der Waals surface area contributed by atoms with E-state index in [-0.39, 0.29) is 48.3 Å². The third-order valence-corrected chi connectivity index (χ3v) is 10.00. The first-order chi connectivity index (χ1) is 21.3. The van der Waals surface area contributed by atoms with Crippen molar-refractivity contribution in [3.8, 4) is 5.75 Å². The van der Waals surface area contributed by atoms with Crippen LogP contribution in [0.1, 0.15) is 46.1 Å². The summed E-state index contributed by atoms with van der Waals surface area (Å²) in [6, 6.07) is 28.3. The number of carbonyl (C=O) groups is 4. The van der Waals surface area contributed by atoms with Crippen molar-refractivity contribution in [3.63, 3.8) is 0 Å². The molecule has 2 aliphatic heterocycles. The molecule has 4 aromatic rings. The Morgan fingerprint density at radius 3 is 1.84 bits per heavy atom. The number of amides is 3. The fourth-order valence-electron chi connectivity index (χ4n) is 7.83. The summed E-state index contributed by atoms with van der Waals surface area (Å²) in [7, 11) is 0. The molecule has 218 valence electrons. The molecule has 0 radical (unpaired) electrons. The van der Waals surface area contributed by atoms with Gasteiger partial charge in [0.2, 0.25) is 17.7 Å². The molecule has 3 atom stereocenters. The average molecular weight is 603 g/mol. The van der Waals surface area contributed by atoms with E-state index in [1.807, 2.05) is 24.3 Å². The Morgan fingerprint density at radius 2 is 1.30 bits per heavy atom. The Labute approximate surface area is 259 Å². The van der Waals surface area contributed by atoms with Crippen LogP contribution in [0.2, 0.25) is 5.02 Å². The van der Waals surface area contributed by atoms with E-state index in [1.165, 1.54) is 9.80 Å². The molecule has 44 heavy (non-hydrogen) atoms. The van der Waals surface area contributed by atoms with E-state index in [4.69, 9.17) is 16.3 Å². The van der Waals surface area contributed by atoms with Crippen molar-refractivity contribution in [2.45, 2.75) is 25.2 Å². The molecule has 3 amide bonds. The summed E-state index contributed by atoms with van der Waals surface area (Å²) in [5.41, 5.74) is 6.18. The van der Waals surface area contributed by atoms with Crippen LogP contribution in [0.4, 0.5) is 11.4 Å². The fraction of sp³-hybridized carbons (Fsp3) is 0.222. The molecule has 8 heteroatoms. The number of anilines is 2. The van der Waals surface area contributed by atoms with Gasteiger partial charge in [-0.1, -0.05) is 72.3 Å². The van der Waals surface area contributed by atoms with E-state index in [9.17, 15) is 19.2 Å². The lowest BCUT2D eigenvalue weighted by Crippen LogP contribution is -2.41. The highest BCUT2D eigenvalue weighted by Crippen LogP contribution is 2.61. The summed E-state index contributed by atoms with van der Waals surface area (Å²) >= 11 is 6.28. The fourth-order valence-corrected chi connectivity index (χ4v) is 8.06. The number of benzene rings is 4. The van der Waals surface area contributed by atoms with Crippen LogP contribution >= 0.6 is 11.6 Å². The second kappa shape index (κ2) is 9.89. The second-order valence-electron chi connectivity index (χ2n) is 12.0. The van der Waals surface area contributed by atoms with Gasteiger partial charge in [0.1, 0.15) is 5.75 Å². The lowest BCUT2D eigenvalue weighted by atomic mass is 9.55. The molecule has 0 N–H and O–H groups in total. The van der Waals surface area contributed by atoms with Crippen LogP contribution in [-0.4, -0.2) is 30.2 Å². The van der Waals surface area contributed by atoms with Crippen molar-refractivity contribution in [2.75, 3.05) is 16.3 Å². The summed E-state index contributed by atoms with van der Waals surface area (Å²) in [6.45, 7) is 1.97. The van der Waals surface area contributed by atoms with Crippen LogP contribution in [-0.2, 0) is 19.2 Å². The minimum atomic E-state index is -0.651. The van der Waals surface area contributed by atoms with Crippen molar-refractivity contribution >= 4 is 46.7 Å². The zero-order valence-electron chi connectivity index (χ0n) is 23.8. The Morgan fingerprint density at radius 1 is 0.750 bits per heavy atom. The number of ether oxygens (including phenoxy) is 1. The van der Waals surface area contributed by atoms with Gasteiger partial charge in [-0.2, -0.15) is 0 Å². The molecular formula is C36H27ClN2O5. The number of hydrogen-bond acceptors (Lipinski definition) is 5. The standard InChI is InChI=1S/C36H27ClN2O5/c1-19-16-21(44-36(43)20-17-29(40)38(18-20)28-13-7-6-12-26(28)37)14-15-27(19)39-34(41)32-30-22-8-2-3-9-23(22)31(33(32)35(39)42)25-11-5-4-10-24(25)30/h2-16,20,30-33H,17-18H2,1H3/t20-,30?,31?,32+,33+/m1/s1. The summed E-state index contributed by atoms with van der Waals surface area (Å²) in [4.78, 5) is 56.9. The number of esters is 1. The van der Waals surface area contributed by atoms with E-state index in [0.29, 0.717) is 22.0 Å². The molecule has 0 saturated carbocycles. The summed E-state index contributed by atoms with van der Waals surface area (Å²) in [5, 5.41) is 0.438. The molecule has 2 fully saturated rings. The number of hydrogen-bond donors (Lipinski definition) is 0. The average Bonchev–Trinajstić information content (AvgIpc) is 3.54. The lowest BCUT2D eigenvalue weighted by Gasteiger charge is -2.45. The van der Waals surface area contributed by atoms with Gasteiger partial charge in [-0.05, 0) is 65.1 Å². The quantitative estimate of drug-likeness (QED) is 0.162. The van der Waals surface area contributed by atoms with Gasteiger partial charge < -0.3 is 9.64 Å². The first-order valence-electron chi connectivity index (χ1n) is 14.8. The molecular weight excluding hydrogens is 576 g/mol. The lowest BCUT2D eigenvalue weighted by molar-refractivity contribution is -0.139. The molecule has 7 nitrogen and oxygen atoms in total. The van der Waals surface area contributed by atoms with Gasteiger partial charge in [0.05, 0.1) is 34.2 Å². The predicted molar refractivity (Wildman–Crippen MR) is 165 cm³/mol. The van der Waals surface area contributed by atoms with Crippen LogP contribution in [0.25, 0.3) is 0 Å². The summed E-state index contributed by atoms with van der Waals surface area (Å²) < 4.78 is 5.70. The number of rotatable bonds is 4. The maximum absolute atomic E-state index is 14.1. The normalized spacial score (nSPS) is 24.8. The van der Waals surface area contributed by atoms with Gasteiger partial charge in [-0.25, -0.2) is 4.90 Å². The predicted octanol–water partition coefficient (Wildman–Crippen LogP) is 6.00. The first-order valence-corrected chi connectivity index (χ1v) is 15.1. The van der Waals surface area contributed by atoms with Gasteiger partial charge in [-0.3, -0.25) is 19.2 Å². The number of nitrogens with zero attached hydrogens (tertiary/aromatic N) is 2. The molecule has 3 aliphatic carbocycles. The SMILES string of the molecule is Cc1cc(OC(=O)[C@@H]2CC(=O)N(c3ccccc3Cl)C2)ccc1N1C(=O)[C@H]2C3c4ccccc4C(c4ccccc43)[C@@H]2C1=O. The summed E-state index contributed by atoms with van der Waals surface area (Å²) in [5.74, 6) is -2.79. The van der Waals surface area contributed by atoms with E-state index in [2.05, 4.69) is 24.3 Å². The van der Waals surface area contributed by atoms with Gasteiger partial charge in [0.25, 0.3) is 0 Å². The molecule has 2 heterocycles. The maximum atomic E-state index is 14.1. The molecule has 0 unspecified atom stereocenters. The van der Waals surface area contributed by atoms with Crippen LogP contribution < -0.4 is 14.5 Å². The molecule has 9 rings (SSSR count). The molecule has 0 spiro atoms. The van der Waals surface area contributed by atoms with E-state index in [1.54, 1.807) is 49.4 Å². The van der Waals surface area contributed by atoms with Crippen LogP contribution in [0.15, 0.2) is 91.0 Å². The molecule has 0 aromatic heterocycles. The van der Waals surface area contributed by atoms with Gasteiger partial charge in [0, 0.05) is 24.8 Å². The Kier molecular flexibility index (Phi) is 6.04. The monoisotopic (exact) mass is 602 g/mol. The minimum absolute atomic E-state index is 0.0216. The van der Waals surface area contributed by atoms with Gasteiger partial charge in [0.15, 0.2) is 0 Å². The van der Waals surface area contributed by atoms with E-state index in [0.717, 1.165) is 22.3 Å². The molecule has 4 aromatic carbocycles. The summed E-state index contributed by atoms with van der Waals surface area (Å²) in [6.07, 6.45) is 0.0216. The minimum Gasteiger partial charge on any atom is -0.426 e. The van der Waals surface area contributed by atoms with Crippen LogP contribution in [0, 0.1) is 24.7 Å². The zero-order valence-corrected chi connectivity index (χ0v) is 24.5. The highest BCUT2D eigenvalue weighted by molar-refractivity contribution is 6.34. The molecule has 5 aliphatic rings. The number of para-hydroxylation sites is 1. The maximum Gasteiger partial charge on any atom is 0.316 e. The zero-order chi connectivity index (χ0) is 30.3. The van der Waals surface area contributed by atoms with Crippen molar-refractivity contribution in [1.29, 1.82) is 0 Å². The van der Waals surface area contributed by atoms with Crippen LogP contribution in [0.3, 0.4) is 0 Å². The highest BCUT2D eigenvalue weighted by atomic mass is 35.5. The second-order valence-corrected chi connectivity index (χ2v) is 12.4. The van der Waals surface area contributed by atoms with Crippen molar-refractivity contribution in [3.05, 3.63) is 124 Å². The smallest absolute Gasteiger partial charge is 0.316 e. The number of halogens is 1. The van der Waals surface area contributed by atoms with E-state index < -0.39 is 23.7 Å². The Balaban J connectivity index is 1.05. The third-order valence-electron chi connectivity index (χ3n) is 9.68. The topological polar surface area (TPSA) is 84.0 Å². The van der Waals surface area contributed by atoms with Crippen LogP contribution in [0.5, 0.6) is 5.75 Å². The first kappa shape index (κ1) is 26.8. The van der Waals surface area contributed by atoms with Crippen molar-refractivity contribution in [1.82, 2.24) is 0 Å². The molecule has 2 saturated heterocycles. The largest absolute Gasteiger partial charge is 0.426 e. The third kappa shape index (κ3) is 3.82. The number of imide groups is 1. The number of aryl methyl sites for hydroxylation is 1. The van der Waals surface area contributed by atoms with E-state index >= 15 is 0 Å². The molecule has 2 bridgehead atoms. The van der Waals surface area contributed by atoms with Gasteiger partial charge in [-0.15, -0.1) is 0 Å². The highest BCUT2D eigenvalue weighted by Gasteiger charge is 2.61. The van der Waals surface area contributed by atoms with Crippen molar-refractivity contribution in [2.24, 2.45) is 17.8 Å². The van der Waals surface area contributed by atoms with Crippen molar-refractivity contribution < 1.29 is 23.9 Å².